The lowest BCUT2D eigenvalue weighted by molar-refractivity contribution is -0.0500. The van der Waals surface area contributed by atoms with Gasteiger partial charge in [-0.1, -0.05) is 19.1 Å². The third-order valence-corrected chi connectivity index (χ3v) is 7.08. The number of alkyl halides is 3. The number of likely N-dealkylation sites (tertiary alicyclic amines) is 1. The minimum absolute atomic E-state index is 0.194. The van der Waals surface area contributed by atoms with Crippen molar-refractivity contribution in [3.8, 4) is 5.75 Å². The third-order valence-electron chi connectivity index (χ3n) is 6.10. The summed E-state index contributed by atoms with van der Waals surface area (Å²) < 4.78 is 78.1. The highest BCUT2D eigenvalue weighted by Gasteiger charge is 2.48. The van der Waals surface area contributed by atoms with Crippen molar-refractivity contribution in [2.24, 2.45) is 0 Å². The molecule has 1 heterocycles. The zero-order chi connectivity index (χ0) is 27.2. The van der Waals surface area contributed by atoms with Crippen LogP contribution in [0.25, 0.3) is 0 Å². The standard InChI is InChI=1S/C25H29F4N3O4S/c1-18(19-6-5-7-23(17-19)36-37(34,35)25(27,28)29)16-21(30)12-15-32(22-10-8-20(26)9-11-22)24(33)31-13-3-2-4-14-31/h5-11,17-18,30H,2-4,12-16H2,1H3. The Bertz CT molecular complexity index is 1200. The highest BCUT2D eigenvalue weighted by molar-refractivity contribution is 7.88. The van der Waals surface area contributed by atoms with Crippen molar-refractivity contribution in [2.75, 3.05) is 24.5 Å². The van der Waals surface area contributed by atoms with Gasteiger partial charge in [-0.15, -0.1) is 0 Å². The predicted octanol–water partition coefficient (Wildman–Crippen LogP) is 6.07. The number of hydrogen-bond donors (Lipinski definition) is 1. The molecule has 7 nitrogen and oxygen atoms in total. The number of piperidine rings is 1. The Morgan fingerprint density at radius 3 is 2.38 bits per heavy atom. The zero-order valence-corrected chi connectivity index (χ0v) is 21.1. The number of anilines is 1. The molecule has 0 aromatic heterocycles. The van der Waals surface area contributed by atoms with Crippen LogP contribution in [0.1, 0.15) is 50.5 Å². The highest BCUT2D eigenvalue weighted by Crippen LogP contribution is 2.30. The van der Waals surface area contributed by atoms with E-state index < -0.39 is 27.2 Å². The summed E-state index contributed by atoms with van der Waals surface area (Å²) in [6.45, 7) is 3.21. The van der Waals surface area contributed by atoms with Gasteiger partial charge in [-0.05, 0) is 73.6 Å². The Kier molecular flexibility index (Phi) is 9.16. The summed E-state index contributed by atoms with van der Waals surface area (Å²) in [4.78, 5) is 16.5. The Hall–Kier alpha value is -3.15. The van der Waals surface area contributed by atoms with Crippen LogP contribution in [0.15, 0.2) is 48.5 Å². The largest absolute Gasteiger partial charge is 0.534 e. The highest BCUT2D eigenvalue weighted by atomic mass is 32.2. The van der Waals surface area contributed by atoms with Crippen molar-refractivity contribution in [1.29, 1.82) is 5.41 Å². The van der Waals surface area contributed by atoms with Gasteiger partial charge in [0.2, 0.25) is 0 Å². The third kappa shape index (κ3) is 7.67. The predicted molar refractivity (Wildman–Crippen MR) is 132 cm³/mol. The zero-order valence-electron chi connectivity index (χ0n) is 20.3. The van der Waals surface area contributed by atoms with Crippen LogP contribution in [0.2, 0.25) is 0 Å². The molecule has 2 amide bonds. The van der Waals surface area contributed by atoms with E-state index in [4.69, 9.17) is 5.41 Å². The Balaban J connectivity index is 1.65. The fourth-order valence-corrected chi connectivity index (χ4v) is 4.55. The van der Waals surface area contributed by atoms with Crippen LogP contribution in [0.5, 0.6) is 5.75 Å². The number of amides is 2. The van der Waals surface area contributed by atoms with E-state index >= 15 is 0 Å². The maximum absolute atomic E-state index is 13.5. The minimum atomic E-state index is -5.79. The van der Waals surface area contributed by atoms with E-state index in [2.05, 4.69) is 4.18 Å². The molecule has 0 spiro atoms. The first kappa shape index (κ1) is 28.4. The average molecular weight is 544 g/mol. The molecular formula is C25H29F4N3O4S. The molecule has 12 heteroatoms. The lowest BCUT2D eigenvalue weighted by Gasteiger charge is -2.33. The molecule has 1 saturated heterocycles. The van der Waals surface area contributed by atoms with Gasteiger partial charge in [-0.3, -0.25) is 4.90 Å². The molecule has 1 aliphatic rings. The van der Waals surface area contributed by atoms with E-state index in [1.165, 1.54) is 41.3 Å². The number of carbonyl (C=O) groups is 1. The topological polar surface area (TPSA) is 90.8 Å². The summed E-state index contributed by atoms with van der Waals surface area (Å²) in [5.74, 6) is -1.23. The Morgan fingerprint density at radius 2 is 1.76 bits per heavy atom. The molecule has 0 aliphatic carbocycles. The van der Waals surface area contributed by atoms with Gasteiger partial charge in [0.25, 0.3) is 0 Å². The molecule has 2 aromatic rings. The van der Waals surface area contributed by atoms with E-state index in [1.54, 1.807) is 17.9 Å². The summed E-state index contributed by atoms with van der Waals surface area (Å²) in [6, 6.07) is 10.7. The van der Waals surface area contributed by atoms with Gasteiger partial charge in [0.15, 0.2) is 0 Å². The minimum Gasteiger partial charge on any atom is -0.376 e. The van der Waals surface area contributed by atoms with Crippen molar-refractivity contribution >= 4 is 27.5 Å². The first-order chi connectivity index (χ1) is 17.4. The van der Waals surface area contributed by atoms with Crippen LogP contribution in [-0.2, 0) is 10.1 Å². The van der Waals surface area contributed by atoms with Crippen LogP contribution < -0.4 is 9.08 Å². The summed E-state index contributed by atoms with van der Waals surface area (Å²) in [6.07, 6.45) is 3.31. The molecule has 1 atom stereocenters. The molecule has 0 saturated carbocycles. The van der Waals surface area contributed by atoms with Crippen LogP contribution in [0.3, 0.4) is 0 Å². The van der Waals surface area contributed by atoms with Crippen LogP contribution in [0, 0.1) is 11.2 Å². The lowest BCUT2D eigenvalue weighted by Crippen LogP contribution is -2.46. The van der Waals surface area contributed by atoms with E-state index in [9.17, 15) is 30.8 Å². The molecular weight excluding hydrogens is 514 g/mol. The normalized spacial score (nSPS) is 15.2. The molecule has 202 valence electrons. The van der Waals surface area contributed by atoms with E-state index in [1.807, 2.05) is 0 Å². The molecule has 3 rings (SSSR count). The second-order valence-corrected chi connectivity index (χ2v) is 10.5. The summed E-state index contributed by atoms with van der Waals surface area (Å²) in [5, 5.41) is 8.44. The lowest BCUT2D eigenvalue weighted by atomic mass is 9.94. The van der Waals surface area contributed by atoms with Crippen molar-refractivity contribution in [1.82, 2.24) is 4.90 Å². The van der Waals surface area contributed by atoms with Gasteiger partial charge in [-0.25, -0.2) is 9.18 Å². The summed E-state index contributed by atoms with van der Waals surface area (Å²) in [5.41, 5.74) is -4.23. The summed E-state index contributed by atoms with van der Waals surface area (Å²) in [7, 11) is -5.79. The van der Waals surface area contributed by atoms with Crippen LogP contribution >= 0.6 is 0 Å². The quantitative estimate of drug-likeness (QED) is 0.180. The van der Waals surface area contributed by atoms with Crippen molar-refractivity contribution < 1.29 is 35.0 Å². The number of carbonyl (C=O) groups excluding carboxylic acids is 1. The second-order valence-electron chi connectivity index (χ2n) is 8.97. The molecule has 1 unspecified atom stereocenters. The number of nitrogens with zero attached hydrogens (tertiary/aromatic N) is 2. The van der Waals surface area contributed by atoms with Crippen LogP contribution in [0.4, 0.5) is 28.0 Å². The molecule has 0 bridgehead atoms. The average Bonchev–Trinajstić information content (AvgIpc) is 2.84. The molecule has 1 N–H and O–H groups in total. The number of benzene rings is 2. The van der Waals surface area contributed by atoms with Crippen molar-refractivity contribution in [3.63, 3.8) is 0 Å². The summed E-state index contributed by atoms with van der Waals surface area (Å²) >= 11 is 0. The molecule has 1 aliphatic heterocycles. The first-order valence-corrected chi connectivity index (χ1v) is 13.3. The number of urea groups is 1. The molecule has 0 radical (unpaired) electrons. The van der Waals surface area contributed by atoms with Gasteiger partial charge in [-0.2, -0.15) is 21.6 Å². The fourth-order valence-electron chi connectivity index (χ4n) is 4.10. The molecule has 2 aromatic carbocycles. The maximum Gasteiger partial charge on any atom is 0.534 e. The number of hydrogen-bond acceptors (Lipinski definition) is 5. The number of nitrogens with one attached hydrogen (secondary N) is 1. The Labute approximate surface area is 213 Å². The second kappa shape index (κ2) is 11.9. The smallest absolute Gasteiger partial charge is 0.376 e. The SMILES string of the molecule is CC(CC(=N)CCN(C(=O)N1CCCCC1)c1ccc(F)cc1)c1cccc(OS(=O)(=O)C(F)(F)F)c1. The van der Waals surface area contributed by atoms with Gasteiger partial charge in [0, 0.05) is 37.5 Å². The monoisotopic (exact) mass is 543 g/mol. The number of rotatable bonds is 9. The fraction of sp³-hybridized carbons (Fsp3) is 0.440. The van der Waals surface area contributed by atoms with Crippen molar-refractivity contribution in [3.05, 3.63) is 59.9 Å². The molecule has 1 fully saturated rings. The van der Waals surface area contributed by atoms with Gasteiger partial charge >= 0.3 is 21.7 Å². The van der Waals surface area contributed by atoms with E-state index in [0.29, 0.717) is 30.1 Å². The Morgan fingerprint density at radius 1 is 1.11 bits per heavy atom. The van der Waals surface area contributed by atoms with Gasteiger partial charge in [0.05, 0.1) is 0 Å². The molecule has 37 heavy (non-hydrogen) atoms. The van der Waals surface area contributed by atoms with Gasteiger partial charge < -0.3 is 14.5 Å². The van der Waals surface area contributed by atoms with Gasteiger partial charge in [0.1, 0.15) is 11.6 Å². The van der Waals surface area contributed by atoms with Crippen LogP contribution in [-0.4, -0.2) is 50.2 Å². The van der Waals surface area contributed by atoms with E-state index in [-0.39, 0.29) is 31.3 Å². The maximum atomic E-state index is 13.5. The van der Waals surface area contributed by atoms with Crippen molar-refractivity contribution in [2.45, 2.75) is 50.5 Å². The van der Waals surface area contributed by atoms with E-state index in [0.717, 1.165) is 25.3 Å². The number of halogens is 4. The first-order valence-electron chi connectivity index (χ1n) is 11.9.